The van der Waals surface area contributed by atoms with Crippen LogP contribution in [-0.2, 0) is 11.2 Å². The highest BCUT2D eigenvalue weighted by molar-refractivity contribution is 7.99. The number of amides is 1. The fourth-order valence-electron chi connectivity index (χ4n) is 3.62. The number of benzene rings is 3. The number of carbonyl (C=O) groups is 1. The molecule has 170 valence electrons. The highest BCUT2D eigenvalue weighted by Crippen LogP contribution is 2.27. The van der Waals surface area contributed by atoms with Crippen molar-refractivity contribution in [3.05, 3.63) is 99.8 Å². The highest BCUT2D eigenvalue weighted by Gasteiger charge is 2.18. The lowest BCUT2D eigenvalue weighted by Gasteiger charge is -2.14. The van der Waals surface area contributed by atoms with Crippen LogP contribution >= 0.6 is 23.4 Å². The summed E-state index contributed by atoms with van der Waals surface area (Å²) in [4.78, 5) is 12.7. The Labute approximate surface area is 207 Å². The molecular formula is C26H22ClN5OS. The molecule has 0 unspecified atom stereocenters. The minimum absolute atomic E-state index is 0.103. The van der Waals surface area contributed by atoms with E-state index in [1.54, 1.807) is 18.2 Å². The van der Waals surface area contributed by atoms with Crippen molar-refractivity contribution in [1.29, 1.82) is 5.26 Å². The van der Waals surface area contributed by atoms with Gasteiger partial charge in [0.05, 0.1) is 22.7 Å². The molecule has 4 rings (SSSR count). The number of hydrogen-bond acceptors (Lipinski definition) is 5. The molecule has 1 N–H and O–H groups in total. The molecule has 0 saturated heterocycles. The number of halogens is 1. The molecule has 6 nitrogen and oxygen atoms in total. The molecule has 0 fully saturated rings. The Morgan fingerprint density at radius 2 is 1.88 bits per heavy atom. The van der Waals surface area contributed by atoms with Crippen LogP contribution in [0, 0.1) is 25.2 Å². The fourth-order valence-corrected chi connectivity index (χ4v) is 4.55. The standard InChI is InChI=1S/C26H22ClN5OS/c1-17-8-11-23(18(2)12-17)32-24(13-19-6-4-3-5-7-19)30-31-26(32)34-16-25(33)29-22-14-21(27)10-9-20(22)15-28/h3-12,14H,13,16H2,1-2H3,(H,29,33). The smallest absolute Gasteiger partial charge is 0.234 e. The van der Waals surface area contributed by atoms with Gasteiger partial charge in [0.1, 0.15) is 11.9 Å². The second-order valence-corrected chi connectivity index (χ2v) is 9.20. The van der Waals surface area contributed by atoms with E-state index < -0.39 is 0 Å². The number of nitriles is 1. The van der Waals surface area contributed by atoms with E-state index in [2.05, 4.69) is 65.8 Å². The van der Waals surface area contributed by atoms with Crippen LogP contribution in [0.1, 0.15) is 28.1 Å². The minimum atomic E-state index is -0.261. The van der Waals surface area contributed by atoms with Crippen molar-refractivity contribution in [2.24, 2.45) is 0 Å². The van der Waals surface area contributed by atoms with Crippen LogP contribution in [0.3, 0.4) is 0 Å². The van der Waals surface area contributed by atoms with Gasteiger partial charge in [-0.3, -0.25) is 9.36 Å². The topological polar surface area (TPSA) is 83.6 Å². The SMILES string of the molecule is Cc1ccc(-n2c(Cc3ccccc3)nnc2SCC(=O)Nc2cc(Cl)ccc2C#N)c(C)c1. The van der Waals surface area contributed by atoms with Crippen molar-refractivity contribution in [3.63, 3.8) is 0 Å². The average molecular weight is 488 g/mol. The van der Waals surface area contributed by atoms with Crippen LogP contribution in [0.5, 0.6) is 0 Å². The number of hydrogen-bond donors (Lipinski definition) is 1. The molecule has 0 atom stereocenters. The zero-order chi connectivity index (χ0) is 24.1. The van der Waals surface area contributed by atoms with Crippen molar-refractivity contribution in [1.82, 2.24) is 14.8 Å². The van der Waals surface area contributed by atoms with Crippen LogP contribution in [0.4, 0.5) is 5.69 Å². The van der Waals surface area contributed by atoms with Gasteiger partial charge in [-0.2, -0.15) is 5.26 Å². The summed E-state index contributed by atoms with van der Waals surface area (Å²) in [5.41, 5.74) is 5.11. The van der Waals surface area contributed by atoms with Gasteiger partial charge in [-0.05, 0) is 49.2 Å². The van der Waals surface area contributed by atoms with E-state index in [-0.39, 0.29) is 11.7 Å². The van der Waals surface area contributed by atoms with E-state index in [0.29, 0.717) is 27.9 Å². The van der Waals surface area contributed by atoms with Gasteiger partial charge in [0, 0.05) is 11.4 Å². The largest absolute Gasteiger partial charge is 0.324 e. The maximum atomic E-state index is 12.7. The second-order valence-electron chi connectivity index (χ2n) is 7.83. The molecule has 0 aliphatic heterocycles. The number of nitrogens with zero attached hydrogens (tertiary/aromatic N) is 4. The van der Waals surface area contributed by atoms with Gasteiger partial charge in [-0.25, -0.2) is 0 Å². The summed E-state index contributed by atoms with van der Waals surface area (Å²) in [7, 11) is 0. The lowest BCUT2D eigenvalue weighted by atomic mass is 10.1. The first-order valence-corrected chi connectivity index (χ1v) is 12.0. The molecule has 1 aromatic heterocycles. The lowest BCUT2D eigenvalue weighted by molar-refractivity contribution is -0.113. The molecule has 3 aromatic carbocycles. The molecule has 0 radical (unpaired) electrons. The lowest BCUT2D eigenvalue weighted by Crippen LogP contribution is -2.15. The molecule has 0 aliphatic carbocycles. The maximum absolute atomic E-state index is 12.7. The zero-order valence-corrected chi connectivity index (χ0v) is 20.3. The third kappa shape index (κ3) is 5.48. The van der Waals surface area contributed by atoms with Gasteiger partial charge in [-0.15, -0.1) is 10.2 Å². The third-order valence-corrected chi connectivity index (χ3v) is 6.37. The highest BCUT2D eigenvalue weighted by atomic mass is 35.5. The van der Waals surface area contributed by atoms with Gasteiger partial charge < -0.3 is 5.32 Å². The molecule has 0 spiro atoms. The van der Waals surface area contributed by atoms with Gasteiger partial charge in [0.2, 0.25) is 5.91 Å². The summed E-state index contributed by atoms with van der Waals surface area (Å²) in [5.74, 6) is 0.636. The van der Waals surface area contributed by atoms with Crippen molar-refractivity contribution in [2.45, 2.75) is 25.4 Å². The monoisotopic (exact) mass is 487 g/mol. The Bertz CT molecular complexity index is 1380. The molecule has 8 heteroatoms. The molecule has 0 bridgehead atoms. The van der Waals surface area contributed by atoms with E-state index in [0.717, 1.165) is 22.6 Å². The minimum Gasteiger partial charge on any atom is -0.324 e. The third-order valence-electron chi connectivity index (χ3n) is 5.21. The van der Waals surface area contributed by atoms with Crippen molar-refractivity contribution in [3.8, 4) is 11.8 Å². The van der Waals surface area contributed by atoms with Gasteiger partial charge in [0.25, 0.3) is 0 Å². The summed E-state index contributed by atoms with van der Waals surface area (Å²) >= 11 is 7.32. The predicted molar refractivity (Wildman–Crippen MR) is 136 cm³/mol. The second kappa shape index (κ2) is 10.6. The molecule has 0 aliphatic rings. The first-order valence-electron chi connectivity index (χ1n) is 10.6. The van der Waals surface area contributed by atoms with Crippen molar-refractivity contribution >= 4 is 35.0 Å². The van der Waals surface area contributed by atoms with E-state index in [4.69, 9.17) is 11.6 Å². The van der Waals surface area contributed by atoms with Crippen molar-refractivity contribution < 1.29 is 4.79 Å². The molecule has 0 saturated carbocycles. The number of nitrogens with one attached hydrogen (secondary N) is 1. The number of aryl methyl sites for hydroxylation is 2. The van der Waals surface area contributed by atoms with Crippen LogP contribution in [0.15, 0.2) is 71.9 Å². The molecule has 34 heavy (non-hydrogen) atoms. The zero-order valence-electron chi connectivity index (χ0n) is 18.7. The summed E-state index contributed by atoms with van der Waals surface area (Å²) in [6, 6.07) is 23.1. The molecular weight excluding hydrogens is 466 g/mol. The maximum Gasteiger partial charge on any atom is 0.234 e. The number of thioether (sulfide) groups is 1. The Balaban J connectivity index is 1.60. The molecule has 1 amide bonds. The summed E-state index contributed by atoms with van der Waals surface area (Å²) in [5, 5.41) is 22.0. The number of carbonyl (C=O) groups excluding carboxylic acids is 1. The van der Waals surface area contributed by atoms with Crippen LogP contribution < -0.4 is 5.32 Å². The number of anilines is 1. The molecule has 4 aromatic rings. The summed E-state index contributed by atoms with van der Waals surface area (Å²) in [6.45, 7) is 4.11. The van der Waals surface area contributed by atoms with E-state index in [1.165, 1.54) is 17.3 Å². The fraction of sp³-hybridized carbons (Fsp3) is 0.154. The summed E-state index contributed by atoms with van der Waals surface area (Å²) in [6.07, 6.45) is 0.613. The first-order chi connectivity index (χ1) is 16.4. The Hall–Kier alpha value is -3.60. The van der Waals surface area contributed by atoms with Gasteiger partial charge in [0.15, 0.2) is 5.16 Å². The Morgan fingerprint density at radius 3 is 2.62 bits per heavy atom. The van der Waals surface area contributed by atoms with E-state index in [9.17, 15) is 10.1 Å². The van der Waals surface area contributed by atoms with Gasteiger partial charge in [-0.1, -0.05) is 71.4 Å². The first kappa shape index (κ1) is 23.6. The van der Waals surface area contributed by atoms with Crippen LogP contribution in [0.2, 0.25) is 5.02 Å². The normalized spacial score (nSPS) is 10.6. The number of rotatable bonds is 7. The van der Waals surface area contributed by atoms with Crippen molar-refractivity contribution in [2.75, 3.05) is 11.1 Å². The van der Waals surface area contributed by atoms with Gasteiger partial charge >= 0.3 is 0 Å². The Kier molecular flexibility index (Phi) is 7.31. The molecule has 1 heterocycles. The van der Waals surface area contributed by atoms with Crippen LogP contribution in [0.25, 0.3) is 5.69 Å². The van der Waals surface area contributed by atoms with E-state index in [1.807, 2.05) is 22.8 Å². The predicted octanol–water partition coefficient (Wildman–Crippen LogP) is 5.73. The average Bonchev–Trinajstić information content (AvgIpc) is 3.20. The van der Waals surface area contributed by atoms with Crippen LogP contribution in [-0.4, -0.2) is 26.4 Å². The quantitative estimate of drug-likeness (QED) is 0.336. The summed E-state index contributed by atoms with van der Waals surface area (Å²) < 4.78 is 2.01. The van der Waals surface area contributed by atoms with E-state index >= 15 is 0 Å². The Morgan fingerprint density at radius 1 is 1.09 bits per heavy atom. The number of aromatic nitrogens is 3.